The van der Waals surface area contributed by atoms with Crippen molar-refractivity contribution in [1.29, 1.82) is 0 Å². The Morgan fingerprint density at radius 1 is 1.00 bits per heavy atom. The van der Waals surface area contributed by atoms with E-state index in [1.54, 1.807) is 18.2 Å². The fraction of sp³-hybridized carbons (Fsp3) is 0.400. The fourth-order valence-corrected chi connectivity index (χ4v) is 1.72. The molecule has 0 spiro atoms. The first-order valence-electron chi connectivity index (χ1n) is 4.33. The number of benzene rings is 1. The van der Waals surface area contributed by atoms with Gasteiger partial charge in [0.1, 0.15) is 5.75 Å². The minimum absolute atomic E-state index is 0.210. The van der Waals surface area contributed by atoms with E-state index in [0.717, 1.165) is 11.1 Å². The lowest BCUT2D eigenvalue weighted by atomic mass is 9.88. The number of aliphatic hydroxyl groups is 2. The van der Waals surface area contributed by atoms with Gasteiger partial charge in [0.2, 0.25) is 0 Å². The van der Waals surface area contributed by atoms with Crippen molar-refractivity contribution in [2.75, 3.05) is 0 Å². The predicted octanol–water partition coefficient (Wildman–Crippen LogP) is 0.213. The van der Waals surface area contributed by atoms with Crippen LogP contribution in [0.3, 0.4) is 0 Å². The van der Waals surface area contributed by atoms with Crippen molar-refractivity contribution in [2.24, 2.45) is 0 Å². The van der Waals surface area contributed by atoms with Crippen LogP contribution in [-0.2, 0) is 12.8 Å². The van der Waals surface area contributed by atoms with Crippen molar-refractivity contribution in [3.8, 4) is 5.75 Å². The Hall–Kier alpha value is -1.06. The molecule has 0 radical (unpaired) electrons. The van der Waals surface area contributed by atoms with Gasteiger partial charge in [-0.2, -0.15) is 0 Å². The summed E-state index contributed by atoms with van der Waals surface area (Å²) in [6.45, 7) is 0. The molecule has 1 aromatic rings. The molecule has 3 nitrogen and oxygen atoms in total. The van der Waals surface area contributed by atoms with Crippen molar-refractivity contribution in [3.05, 3.63) is 29.3 Å². The minimum Gasteiger partial charge on any atom is -0.508 e. The van der Waals surface area contributed by atoms with Gasteiger partial charge in [0.25, 0.3) is 0 Å². The normalized spacial score (nSPS) is 26.9. The molecule has 0 amide bonds. The van der Waals surface area contributed by atoms with Gasteiger partial charge in [-0.1, -0.05) is 6.07 Å². The van der Waals surface area contributed by atoms with E-state index in [1.165, 1.54) is 0 Å². The third kappa shape index (κ3) is 1.53. The highest BCUT2D eigenvalue weighted by Gasteiger charge is 2.24. The van der Waals surface area contributed by atoms with Gasteiger partial charge in [-0.25, -0.2) is 0 Å². The van der Waals surface area contributed by atoms with E-state index in [2.05, 4.69) is 0 Å². The zero-order valence-corrected chi connectivity index (χ0v) is 7.14. The summed E-state index contributed by atoms with van der Waals surface area (Å²) in [4.78, 5) is 0. The molecule has 0 aliphatic heterocycles. The molecule has 0 saturated carbocycles. The van der Waals surface area contributed by atoms with Gasteiger partial charge in [0, 0.05) is 12.8 Å². The van der Waals surface area contributed by atoms with E-state index < -0.39 is 12.2 Å². The zero-order valence-electron chi connectivity index (χ0n) is 7.14. The van der Waals surface area contributed by atoms with Gasteiger partial charge >= 0.3 is 0 Å². The predicted molar refractivity (Wildman–Crippen MR) is 47.5 cm³/mol. The van der Waals surface area contributed by atoms with Crippen LogP contribution in [0.15, 0.2) is 18.2 Å². The summed E-state index contributed by atoms with van der Waals surface area (Å²) in [5.41, 5.74) is 1.94. The van der Waals surface area contributed by atoms with E-state index in [1.807, 2.05) is 0 Å². The van der Waals surface area contributed by atoms with Gasteiger partial charge in [-0.3, -0.25) is 0 Å². The number of fused-ring (bicyclic) bond motifs is 1. The lowest BCUT2D eigenvalue weighted by Gasteiger charge is -2.25. The molecule has 1 aromatic carbocycles. The van der Waals surface area contributed by atoms with E-state index >= 15 is 0 Å². The Kier molecular flexibility index (Phi) is 1.98. The molecule has 2 rings (SSSR count). The van der Waals surface area contributed by atoms with E-state index in [4.69, 9.17) is 0 Å². The largest absolute Gasteiger partial charge is 0.508 e. The molecular weight excluding hydrogens is 168 g/mol. The Morgan fingerprint density at radius 3 is 2.31 bits per heavy atom. The smallest absolute Gasteiger partial charge is 0.115 e. The van der Waals surface area contributed by atoms with Crippen LogP contribution in [0.1, 0.15) is 11.1 Å². The van der Waals surface area contributed by atoms with Gasteiger partial charge in [-0.05, 0) is 23.3 Å². The first-order chi connectivity index (χ1) is 6.16. The lowest BCUT2D eigenvalue weighted by molar-refractivity contribution is 0.0141. The molecule has 3 N–H and O–H groups in total. The van der Waals surface area contributed by atoms with Gasteiger partial charge in [0.15, 0.2) is 0 Å². The topological polar surface area (TPSA) is 60.7 Å². The summed E-state index contributed by atoms with van der Waals surface area (Å²) in [5, 5.41) is 28.0. The average Bonchev–Trinajstić information content (AvgIpc) is 2.08. The number of rotatable bonds is 0. The van der Waals surface area contributed by atoms with Crippen LogP contribution in [0.2, 0.25) is 0 Å². The van der Waals surface area contributed by atoms with Gasteiger partial charge in [-0.15, -0.1) is 0 Å². The zero-order chi connectivity index (χ0) is 9.42. The van der Waals surface area contributed by atoms with Gasteiger partial charge < -0.3 is 15.3 Å². The lowest BCUT2D eigenvalue weighted by Crippen LogP contribution is -2.34. The number of aromatic hydroxyl groups is 1. The van der Waals surface area contributed by atoms with Crippen molar-refractivity contribution in [3.63, 3.8) is 0 Å². The van der Waals surface area contributed by atoms with Crippen LogP contribution in [0.25, 0.3) is 0 Å². The number of phenols is 1. The summed E-state index contributed by atoms with van der Waals surface area (Å²) >= 11 is 0. The van der Waals surface area contributed by atoms with Crippen LogP contribution in [0.5, 0.6) is 5.75 Å². The highest BCUT2D eigenvalue weighted by molar-refractivity contribution is 5.37. The highest BCUT2D eigenvalue weighted by Crippen LogP contribution is 2.25. The fourth-order valence-electron chi connectivity index (χ4n) is 1.72. The van der Waals surface area contributed by atoms with Crippen molar-refractivity contribution in [2.45, 2.75) is 25.0 Å². The summed E-state index contributed by atoms with van der Waals surface area (Å²) in [6.07, 6.45) is -0.479. The molecule has 13 heavy (non-hydrogen) atoms. The molecule has 0 bridgehead atoms. The molecule has 2 atom stereocenters. The van der Waals surface area contributed by atoms with Crippen LogP contribution in [0.4, 0.5) is 0 Å². The Morgan fingerprint density at radius 2 is 1.62 bits per heavy atom. The highest BCUT2D eigenvalue weighted by atomic mass is 16.3. The number of hydrogen-bond donors (Lipinski definition) is 3. The van der Waals surface area contributed by atoms with Crippen LogP contribution in [-0.4, -0.2) is 27.5 Å². The first kappa shape index (κ1) is 8.53. The summed E-state index contributed by atoms with van der Waals surface area (Å²) in [7, 11) is 0. The molecule has 0 heterocycles. The molecule has 2 unspecified atom stereocenters. The SMILES string of the molecule is Oc1ccc2c(c1)CC(O)C(O)C2. The van der Waals surface area contributed by atoms with E-state index in [9.17, 15) is 15.3 Å². The second-order valence-electron chi connectivity index (χ2n) is 3.50. The summed E-state index contributed by atoms with van der Waals surface area (Å²) < 4.78 is 0. The average molecular weight is 180 g/mol. The molecule has 0 saturated heterocycles. The van der Waals surface area contributed by atoms with E-state index in [-0.39, 0.29) is 5.75 Å². The number of aliphatic hydroxyl groups excluding tert-OH is 2. The van der Waals surface area contributed by atoms with Crippen molar-refractivity contribution in [1.82, 2.24) is 0 Å². The van der Waals surface area contributed by atoms with Crippen molar-refractivity contribution >= 4 is 0 Å². The second kappa shape index (κ2) is 3.01. The summed E-state index contributed by atoms with van der Waals surface area (Å²) in [5.74, 6) is 0.210. The third-order valence-electron chi connectivity index (χ3n) is 2.49. The maximum atomic E-state index is 9.38. The van der Waals surface area contributed by atoms with Crippen LogP contribution < -0.4 is 0 Å². The molecule has 3 heteroatoms. The molecule has 70 valence electrons. The minimum atomic E-state index is -0.700. The summed E-state index contributed by atoms with van der Waals surface area (Å²) in [6, 6.07) is 5.04. The molecule has 0 aromatic heterocycles. The third-order valence-corrected chi connectivity index (χ3v) is 2.49. The quantitative estimate of drug-likeness (QED) is 0.535. The van der Waals surface area contributed by atoms with Crippen LogP contribution in [0, 0.1) is 0 Å². The maximum absolute atomic E-state index is 9.38. The standard InChI is InChI=1S/C10H12O3/c11-8-2-1-6-4-9(12)10(13)5-7(6)3-8/h1-3,9-13H,4-5H2. The number of phenolic OH excluding ortho intramolecular Hbond substituents is 1. The van der Waals surface area contributed by atoms with Crippen LogP contribution >= 0.6 is 0 Å². The monoisotopic (exact) mass is 180 g/mol. The first-order valence-corrected chi connectivity index (χ1v) is 4.33. The van der Waals surface area contributed by atoms with Crippen molar-refractivity contribution < 1.29 is 15.3 Å². The Balaban J connectivity index is 2.37. The molecule has 0 fully saturated rings. The van der Waals surface area contributed by atoms with E-state index in [0.29, 0.717) is 12.8 Å². The molecule has 1 aliphatic carbocycles. The molecule has 1 aliphatic rings. The Bertz CT molecular complexity index is 322. The Labute approximate surface area is 76.3 Å². The van der Waals surface area contributed by atoms with Gasteiger partial charge in [0.05, 0.1) is 12.2 Å². The second-order valence-corrected chi connectivity index (χ2v) is 3.50. The number of hydrogen-bond acceptors (Lipinski definition) is 3. The molecular formula is C10H12O3. The maximum Gasteiger partial charge on any atom is 0.115 e.